The Morgan fingerprint density at radius 1 is 1.06 bits per heavy atom. The second-order valence-corrected chi connectivity index (χ2v) is 9.02. The number of amides is 1. The normalized spacial score (nSPS) is 12.0. The first-order valence-corrected chi connectivity index (χ1v) is 11.5. The largest absolute Gasteiger partial charge is 0.342 e. The van der Waals surface area contributed by atoms with Crippen LogP contribution < -0.4 is 5.32 Å². The van der Waals surface area contributed by atoms with Gasteiger partial charge in [-0.15, -0.1) is 16.8 Å². The van der Waals surface area contributed by atoms with Crippen molar-refractivity contribution < 1.29 is 4.79 Å². The fourth-order valence-corrected chi connectivity index (χ4v) is 4.14. The van der Waals surface area contributed by atoms with Crippen molar-refractivity contribution in [2.24, 2.45) is 5.92 Å². The monoisotopic (exact) mass is 434 g/mol. The average molecular weight is 435 g/mol. The summed E-state index contributed by atoms with van der Waals surface area (Å²) < 4.78 is 2.05. The summed E-state index contributed by atoms with van der Waals surface area (Å²) in [6.45, 7) is 12.7. The van der Waals surface area contributed by atoms with E-state index in [4.69, 9.17) is 0 Å². The van der Waals surface area contributed by atoms with Crippen LogP contribution in [0.4, 0.5) is 0 Å². The Morgan fingerprint density at radius 2 is 1.68 bits per heavy atom. The summed E-state index contributed by atoms with van der Waals surface area (Å²) in [5, 5.41) is 12.9. The summed E-state index contributed by atoms with van der Waals surface area (Å²) in [6.07, 6.45) is 1.84. The van der Waals surface area contributed by atoms with E-state index in [1.165, 1.54) is 11.1 Å². The number of hydrogen-bond donors (Lipinski definition) is 1. The van der Waals surface area contributed by atoms with Crippen LogP contribution in [-0.4, -0.2) is 20.7 Å². The van der Waals surface area contributed by atoms with Gasteiger partial charge in [0.15, 0.2) is 11.0 Å². The number of hydrogen-bond acceptors (Lipinski definition) is 4. The summed E-state index contributed by atoms with van der Waals surface area (Å²) in [5.74, 6) is 1.59. The van der Waals surface area contributed by atoms with E-state index in [-0.39, 0.29) is 17.9 Å². The third-order valence-corrected chi connectivity index (χ3v) is 6.13. The molecule has 0 radical (unpaired) electrons. The molecular weight excluding hydrogens is 404 g/mol. The molecule has 0 aliphatic heterocycles. The van der Waals surface area contributed by atoms with E-state index in [1.807, 2.05) is 41.8 Å². The van der Waals surface area contributed by atoms with E-state index >= 15 is 0 Å². The van der Waals surface area contributed by atoms with Crippen molar-refractivity contribution in [3.05, 3.63) is 89.3 Å². The van der Waals surface area contributed by atoms with E-state index in [2.05, 4.69) is 67.1 Å². The molecule has 1 amide bonds. The van der Waals surface area contributed by atoms with Crippen molar-refractivity contribution >= 4 is 17.7 Å². The standard InChI is InChI=1S/C25H30N4OS/c1-6-15-29-23(27-28-25(29)31-16-20-11-7-18(4)8-12-20)22(17(2)3)26-24(30)21-13-9-19(5)10-14-21/h6-14,17,22H,1,15-16H2,2-5H3,(H,26,30)/t22-/m0/s1. The maximum Gasteiger partial charge on any atom is 0.251 e. The predicted octanol–water partition coefficient (Wildman–Crippen LogP) is 5.50. The molecule has 0 unspecified atom stereocenters. The van der Waals surface area contributed by atoms with Gasteiger partial charge in [-0.1, -0.05) is 79.2 Å². The summed E-state index contributed by atoms with van der Waals surface area (Å²) in [5.41, 5.74) is 4.24. The molecule has 5 nitrogen and oxygen atoms in total. The zero-order valence-electron chi connectivity index (χ0n) is 18.6. The number of thioether (sulfide) groups is 1. The Labute approximate surface area is 189 Å². The van der Waals surface area contributed by atoms with Gasteiger partial charge >= 0.3 is 0 Å². The second-order valence-electron chi connectivity index (χ2n) is 8.08. The lowest BCUT2D eigenvalue weighted by Crippen LogP contribution is -2.33. The van der Waals surface area contributed by atoms with Gasteiger partial charge < -0.3 is 9.88 Å². The maximum absolute atomic E-state index is 12.9. The molecule has 3 aromatic rings. The van der Waals surface area contributed by atoms with Crippen molar-refractivity contribution in [2.75, 3.05) is 0 Å². The number of rotatable bonds is 9. The quantitative estimate of drug-likeness (QED) is 0.357. The fourth-order valence-electron chi connectivity index (χ4n) is 3.23. The van der Waals surface area contributed by atoms with Crippen LogP contribution in [0.2, 0.25) is 0 Å². The van der Waals surface area contributed by atoms with Crippen molar-refractivity contribution in [1.29, 1.82) is 0 Å². The zero-order valence-corrected chi connectivity index (χ0v) is 19.4. The molecule has 1 heterocycles. The minimum absolute atomic E-state index is 0.110. The molecule has 1 aromatic heterocycles. The van der Waals surface area contributed by atoms with Gasteiger partial charge in [-0.2, -0.15) is 0 Å². The summed E-state index contributed by atoms with van der Waals surface area (Å²) in [4.78, 5) is 12.9. The lowest BCUT2D eigenvalue weighted by molar-refractivity contribution is 0.0922. The van der Waals surface area contributed by atoms with E-state index in [0.717, 1.165) is 22.3 Å². The lowest BCUT2D eigenvalue weighted by atomic mass is 10.0. The third-order valence-electron chi connectivity index (χ3n) is 5.09. The van der Waals surface area contributed by atoms with Gasteiger partial charge in [0.1, 0.15) is 0 Å². The molecule has 2 aromatic carbocycles. The summed E-state index contributed by atoms with van der Waals surface area (Å²) in [7, 11) is 0. The molecule has 1 atom stereocenters. The van der Waals surface area contributed by atoms with Crippen LogP contribution in [0, 0.1) is 19.8 Å². The molecule has 162 valence electrons. The van der Waals surface area contributed by atoms with Crippen molar-refractivity contribution in [1.82, 2.24) is 20.1 Å². The summed E-state index contributed by atoms with van der Waals surface area (Å²) in [6, 6.07) is 15.8. The topological polar surface area (TPSA) is 59.8 Å². The molecule has 0 bridgehead atoms. The van der Waals surface area contributed by atoms with Crippen LogP contribution in [0.5, 0.6) is 0 Å². The molecular formula is C25H30N4OS. The summed E-state index contributed by atoms with van der Waals surface area (Å²) >= 11 is 1.64. The van der Waals surface area contributed by atoms with Crippen LogP contribution in [0.1, 0.15) is 52.8 Å². The van der Waals surface area contributed by atoms with Crippen LogP contribution in [0.25, 0.3) is 0 Å². The number of benzene rings is 2. The Balaban J connectivity index is 1.82. The van der Waals surface area contributed by atoms with Gasteiger partial charge in [-0.3, -0.25) is 4.79 Å². The molecule has 1 N–H and O–H groups in total. The van der Waals surface area contributed by atoms with Gasteiger partial charge in [0.25, 0.3) is 5.91 Å². The number of nitrogens with zero attached hydrogens (tertiary/aromatic N) is 3. The van der Waals surface area contributed by atoms with Gasteiger partial charge in [-0.25, -0.2) is 0 Å². The van der Waals surface area contributed by atoms with E-state index in [0.29, 0.717) is 12.1 Å². The Hall–Kier alpha value is -2.86. The Bertz CT molecular complexity index is 1020. The number of carbonyl (C=O) groups is 1. The Morgan fingerprint density at radius 3 is 2.26 bits per heavy atom. The van der Waals surface area contributed by atoms with E-state index < -0.39 is 0 Å². The van der Waals surface area contributed by atoms with Crippen molar-refractivity contribution in [2.45, 2.75) is 51.2 Å². The zero-order chi connectivity index (χ0) is 22.4. The molecule has 0 fully saturated rings. The number of nitrogens with one attached hydrogen (secondary N) is 1. The maximum atomic E-state index is 12.9. The molecule has 31 heavy (non-hydrogen) atoms. The van der Waals surface area contributed by atoms with Crippen molar-refractivity contribution in [3.63, 3.8) is 0 Å². The first-order valence-electron chi connectivity index (χ1n) is 10.5. The lowest BCUT2D eigenvalue weighted by Gasteiger charge is -2.22. The van der Waals surface area contributed by atoms with E-state index in [9.17, 15) is 4.79 Å². The van der Waals surface area contributed by atoms with Crippen LogP contribution in [0.3, 0.4) is 0 Å². The molecule has 0 saturated carbocycles. The third kappa shape index (κ3) is 5.85. The van der Waals surface area contributed by atoms with Crippen molar-refractivity contribution in [3.8, 4) is 0 Å². The molecule has 6 heteroatoms. The minimum atomic E-state index is -0.255. The van der Waals surface area contributed by atoms with Crippen LogP contribution in [0.15, 0.2) is 66.3 Å². The highest BCUT2D eigenvalue weighted by Crippen LogP contribution is 2.27. The average Bonchev–Trinajstić information content (AvgIpc) is 3.14. The number of carbonyl (C=O) groups excluding carboxylic acids is 1. The Kier molecular flexibility index (Phi) is 7.69. The van der Waals surface area contributed by atoms with Gasteiger partial charge in [0.2, 0.25) is 0 Å². The highest BCUT2D eigenvalue weighted by Gasteiger charge is 2.26. The number of allylic oxidation sites excluding steroid dienone is 1. The predicted molar refractivity (Wildman–Crippen MR) is 127 cm³/mol. The first kappa shape index (κ1) is 22.8. The highest BCUT2D eigenvalue weighted by atomic mass is 32.2. The van der Waals surface area contributed by atoms with Crippen LogP contribution >= 0.6 is 11.8 Å². The SMILES string of the molecule is C=CCn1c(SCc2ccc(C)cc2)nnc1[C@@H](NC(=O)c1ccc(C)cc1)C(C)C. The van der Waals surface area contributed by atoms with Gasteiger partial charge in [0.05, 0.1) is 6.04 Å². The van der Waals surface area contributed by atoms with E-state index in [1.54, 1.807) is 11.8 Å². The molecule has 0 aliphatic carbocycles. The molecule has 0 aliphatic rings. The number of aromatic nitrogens is 3. The molecule has 0 spiro atoms. The molecule has 3 rings (SSSR count). The van der Waals surface area contributed by atoms with Crippen LogP contribution in [-0.2, 0) is 12.3 Å². The smallest absolute Gasteiger partial charge is 0.251 e. The minimum Gasteiger partial charge on any atom is -0.342 e. The second kappa shape index (κ2) is 10.4. The van der Waals surface area contributed by atoms with Gasteiger partial charge in [-0.05, 0) is 37.5 Å². The molecule has 0 saturated heterocycles. The first-order chi connectivity index (χ1) is 14.9. The fraction of sp³-hybridized carbons (Fsp3) is 0.320. The number of aryl methyl sites for hydroxylation is 2. The van der Waals surface area contributed by atoms with Gasteiger partial charge in [0, 0.05) is 17.9 Å². The highest BCUT2D eigenvalue weighted by molar-refractivity contribution is 7.98.